The monoisotopic (exact) mass is 264 g/mol. The van der Waals surface area contributed by atoms with Gasteiger partial charge in [0.15, 0.2) is 0 Å². The van der Waals surface area contributed by atoms with E-state index in [-0.39, 0.29) is 30.5 Å². The van der Waals surface area contributed by atoms with Gasteiger partial charge in [0.1, 0.15) is 6.10 Å². The molecule has 2 heterocycles. The summed E-state index contributed by atoms with van der Waals surface area (Å²) in [6.07, 6.45) is 4.14. The van der Waals surface area contributed by atoms with Crippen LogP contribution in [0.1, 0.15) is 45.4 Å². The average molecular weight is 264 g/mol. The SMILES string of the molecule is CC1CC(OC(c2ccccn2)C(C)N)CC(C)O1. The van der Waals surface area contributed by atoms with Crippen LogP contribution < -0.4 is 5.73 Å². The quantitative estimate of drug-likeness (QED) is 0.907. The van der Waals surface area contributed by atoms with E-state index in [4.69, 9.17) is 15.2 Å². The highest BCUT2D eigenvalue weighted by Gasteiger charge is 2.29. The summed E-state index contributed by atoms with van der Waals surface area (Å²) in [7, 11) is 0. The number of aromatic nitrogens is 1. The van der Waals surface area contributed by atoms with Crippen molar-refractivity contribution >= 4 is 0 Å². The predicted octanol–water partition coefficient (Wildman–Crippen LogP) is 2.44. The Balaban J connectivity index is 2.05. The highest BCUT2D eigenvalue weighted by atomic mass is 16.5. The van der Waals surface area contributed by atoms with E-state index in [0.717, 1.165) is 18.5 Å². The molecule has 4 heteroatoms. The summed E-state index contributed by atoms with van der Waals surface area (Å²) in [6.45, 7) is 6.15. The van der Waals surface area contributed by atoms with Gasteiger partial charge >= 0.3 is 0 Å². The molecule has 0 bridgehead atoms. The molecular formula is C15H24N2O2. The number of nitrogens with zero attached hydrogens (tertiary/aromatic N) is 1. The molecule has 0 amide bonds. The third-order valence-corrected chi connectivity index (χ3v) is 3.45. The van der Waals surface area contributed by atoms with Crippen LogP contribution in [0.2, 0.25) is 0 Å². The van der Waals surface area contributed by atoms with Gasteiger partial charge in [-0.1, -0.05) is 6.07 Å². The standard InChI is InChI=1S/C15H24N2O2/c1-10-8-13(9-11(2)18-10)19-15(12(3)16)14-6-4-5-7-17-14/h4-7,10-13,15H,8-9,16H2,1-3H3. The molecule has 4 atom stereocenters. The van der Waals surface area contributed by atoms with E-state index in [0.29, 0.717) is 0 Å². The molecule has 1 saturated heterocycles. The minimum absolute atomic E-state index is 0.0802. The van der Waals surface area contributed by atoms with E-state index >= 15 is 0 Å². The van der Waals surface area contributed by atoms with Crippen LogP contribution in [0.5, 0.6) is 0 Å². The zero-order valence-corrected chi connectivity index (χ0v) is 12.0. The number of hydrogen-bond donors (Lipinski definition) is 1. The van der Waals surface area contributed by atoms with Gasteiger partial charge in [-0.25, -0.2) is 0 Å². The predicted molar refractivity (Wildman–Crippen MR) is 74.7 cm³/mol. The Kier molecular flexibility index (Phi) is 4.91. The molecule has 0 radical (unpaired) electrons. The molecule has 0 spiro atoms. The minimum atomic E-state index is -0.149. The number of hydrogen-bond acceptors (Lipinski definition) is 4. The number of nitrogens with two attached hydrogens (primary N) is 1. The molecule has 2 rings (SSSR count). The fourth-order valence-electron chi connectivity index (χ4n) is 2.67. The lowest BCUT2D eigenvalue weighted by Crippen LogP contribution is -2.38. The van der Waals surface area contributed by atoms with Crippen LogP contribution in [0.15, 0.2) is 24.4 Å². The summed E-state index contributed by atoms with van der Waals surface area (Å²) in [4.78, 5) is 4.37. The van der Waals surface area contributed by atoms with Crippen molar-refractivity contribution in [2.75, 3.05) is 0 Å². The Bertz CT molecular complexity index is 373. The van der Waals surface area contributed by atoms with Gasteiger partial charge in [0.25, 0.3) is 0 Å². The molecule has 19 heavy (non-hydrogen) atoms. The van der Waals surface area contributed by atoms with Crippen molar-refractivity contribution in [1.29, 1.82) is 0 Å². The van der Waals surface area contributed by atoms with Crippen LogP contribution in [0.3, 0.4) is 0 Å². The molecule has 1 aromatic rings. The molecule has 1 fully saturated rings. The molecule has 0 aliphatic carbocycles. The maximum absolute atomic E-state index is 6.21. The van der Waals surface area contributed by atoms with Gasteiger partial charge in [0.05, 0.1) is 24.0 Å². The topological polar surface area (TPSA) is 57.4 Å². The van der Waals surface area contributed by atoms with Crippen molar-refractivity contribution < 1.29 is 9.47 Å². The molecule has 4 nitrogen and oxygen atoms in total. The fraction of sp³-hybridized carbons (Fsp3) is 0.667. The molecule has 2 N–H and O–H groups in total. The fourth-order valence-corrected chi connectivity index (χ4v) is 2.67. The van der Waals surface area contributed by atoms with Crippen LogP contribution in [0.25, 0.3) is 0 Å². The lowest BCUT2D eigenvalue weighted by molar-refractivity contribution is -0.126. The molecule has 0 aromatic carbocycles. The van der Waals surface area contributed by atoms with Gasteiger partial charge in [-0.2, -0.15) is 0 Å². The normalized spacial score (nSPS) is 30.8. The first kappa shape index (κ1) is 14.4. The number of ether oxygens (including phenoxy) is 2. The van der Waals surface area contributed by atoms with E-state index in [1.54, 1.807) is 6.20 Å². The molecule has 1 aliphatic rings. The maximum Gasteiger partial charge on any atom is 0.115 e. The molecule has 1 aliphatic heterocycles. The van der Waals surface area contributed by atoms with E-state index in [1.165, 1.54) is 0 Å². The second-order valence-electron chi connectivity index (χ2n) is 5.52. The van der Waals surface area contributed by atoms with Crippen LogP contribution >= 0.6 is 0 Å². The van der Waals surface area contributed by atoms with Gasteiger partial charge < -0.3 is 15.2 Å². The molecular weight excluding hydrogens is 240 g/mol. The van der Waals surface area contributed by atoms with E-state index < -0.39 is 0 Å². The summed E-state index contributed by atoms with van der Waals surface area (Å²) in [5.41, 5.74) is 6.97. The smallest absolute Gasteiger partial charge is 0.115 e. The maximum atomic E-state index is 6.21. The number of rotatable bonds is 4. The Hall–Kier alpha value is -0.970. The number of pyridine rings is 1. The van der Waals surface area contributed by atoms with Crippen molar-refractivity contribution in [2.45, 2.75) is 64.1 Å². The Morgan fingerprint density at radius 3 is 2.53 bits per heavy atom. The van der Waals surface area contributed by atoms with Crippen molar-refractivity contribution in [3.05, 3.63) is 30.1 Å². The van der Waals surface area contributed by atoms with Gasteiger partial charge in [-0.05, 0) is 45.7 Å². The first-order valence-corrected chi connectivity index (χ1v) is 7.03. The largest absolute Gasteiger partial charge is 0.375 e. The third kappa shape index (κ3) is 4.00. The Morgan fingerprint density at radius 1 is 1.32 bits per heavy atom. The van der Waals surface area contributed by atoms with Gasteiger partial charge in [0.2, 0.25) is 0 Å². The third-order valence-electron chi connectivity index (χ3n) is 3.45. The van der Waals surface area contributed by atoms with Gasteiger partial charge in [-0.3, -0.25) is 4.98 Å². The molecule has 106 valence electrons. The lowest BCUT2D eigenvalue weighted by atomic mass is 10.0. The highest BCUT2D eigenvalue weighted by Crippen LogP contribution is 2.28. The van der Waals surface area contributed by atoms with E-state index in [9.17, 15) is 0 Å². The zero-order valence-electron chi connectivity index (χ0n) is 12.0. The van der Waals surface area contributed by atoms with Crippen LogP contribution in [-0.4, -0.2) is 29.3 Å². The summed E-state index contributed by atoms with van der Waals surface area (Å²) in [5.74, 6) is 0. The minimum Gasteiger partial charge on any atom is -0.375 e. The van der Waals surface area contributed by atoms with Crippen LogP contribution in [0.4, 0.5) is 0 Å². The average Bonchev–Trinajstić information content (AvgIpc) is 2.35. The first-order valence-electron chi connectivity index (χ1n) is 7.03. The molecule has 4 unspecified atom stereocenters. The second-order valence-corrected chi connectivity index (χ2v) is 5.52. The first-order chi connectivity index (χ1) is 9.06. The summed E-state index contributed by atoms with van der Waals surface area (Å²) >= 11 is 0. The van der Waals surface area contributed by atoms with E-state index in [2.05, 4.69) is 18.8 Å². The Morgan fingerprint density at radius 2 is 2.00 bits per heavy atom. The summed E-state index contributed by atoms with van der Waals surface area (Å²) < 4.78 is 11.9. The van der Waals surface area contributed by atoms with E-state index in [1.807, 2.05) is 25.1 Å². The Labute approximate surface area is 115 Å². The lowest BCUT2D eigenvalue weighted by Gasteiger charge is -2.35. The van der Waals surface area contributed by atoms with Gasteiger partial charge in [0, 0.05) is 12.2 Å². The van der Waals surface area contributed by atoms with Gasteiger partial charge in [-0.15, -0.1) is 0 Å². The van der Waals surface area contributed by atoms with Crippen LogP contribution in [-0.2, 0) is 9.47 Å². The zero-order chi connectivity index (χ0) is 13.8. The molecule has 0 saturated carbocycles. The second kappa shape index (κ2) is 6.46. The summed E-state index contributed by atoms with van der Waals surface area (Å²) in [5, 5.41) is 0. The summed E-state index contributed by atoms with van der Waals surface area (Å²) in [6, 6.07) is 5.76. The van der Waals surface area contributed by atoms with Crippen molar-refractivity contribution in [2.24, 2.45) is 5.73 Å². The van der Waals surface area contributed by atoms with Crippen molar-refractivity contribution in [3.8, 4) is 0 Å². The highest BCUT2D eigenvalue weighted by molar-refractivity contribution is 5.09. The van der Waals surface area contributed by atoms with Crippen molar-refractivity contribution in [3.63, 3.8) is 0 Å². The van der Waals surface area contributed by atoms with Crippen molar-refractivity contribution in [1.82, 2.24) is 4.98 Å². The molecule has 1 aromatic heterocycles. The van der Waals surface area contributed by atoms with Crippen LogP contribution in [0, 0.1) is 0 Å².